The van der Waals surface area contributed by atoms with Crippen molar-refractivity contribution in [3.8, 4) is 17.2 Å². The van der Waals surface area contributed by atoms with Crippen LogP contribution in [-0.2, 0) is 0 Å². The fourth-order valence-corrected chi connectivity index (χ4v) is 2.46. The Morgan fingerprint density at radius 1 is 1.10 bits per heavy atom. The molecule has 0 saturated heterocycles. The van der Waals surface area contributed by atoms with Gasteiger partial charge in [0, 0.05) is 0 Å². The van der Waals surface area contributed by atoms with Crippen LogP contribution < -0.4 is 14.8 Å². The number of rotatable bonds is 6. The molecular formula is C18H13F5N4O3. The summed E-state index contributed by atoms with van der Waals surface area (Å²) in [5.74, 6) is -1.56. The summed E-state index contributed by atoms with van der Waals surface area (Å²) in [6.07, 6.45) is -4.93. The van der Waals surface area contributed by atoms with E-state index >= 15 is 0 Å². The van der Waals surface area contributed by atoms with Crippen LogP contribution in [-0.4, -0.2) is 33.6 Å². The summed E-state index contributed by atoms with van der Waals surface area (Å²) in [4.78, 5) is 16.4. The van der Waals surface area contributed by atoms with Gasteiger partial charge in [0.25, 0.3) is 5.91 Å². The van der Waals surface area contributed by atoms with Gasteiger partial charge in [0.1, 0.15) is 11.6 Å². The average molecular weight is 428 g/mol. The molecule has 12 heteroatoms. The second-order valence-corrected chi connectivity index (χ2v) is 5.76. The molecule has 0 atom stereocenters. The number of carbonyl (C=O) groups excluding carboxylic acids is 1. The maximum Gasteiger partial charge on any atom is 0.573 e. The van der Waals surface area contributed by atoms with E-state index in [2.05, 4.69) is 24.9 Å². The molecule has 30 heavy (non-hydrogen) atoms. The van der Waals surface area contributed by atoms with E-state index in [-0.39, 0.29) is 23.1 Å². The van der Waals surface area contributed by atoms with E-state index in [1.54, 1.807) is 0 Å². The molecule has 0 radical (unpaired) electrons. The molecule has 3 aromatic rings. The minimum absolute atomic E-state index is 0.0641. The van der Waals surface area contributed by atoms with Crippen LogP contribution in [0, 0.1) is 6.92 Å². The number of hydrogen-bond donors (Lipinski definition) is 1. The lowest BCUT2D eigenvalue weighted by atomic mass is 10.3. The molecule has 3 rings (SSSR count). The van der Waals surface area contributed by atoms with Crippen molar-refractivity contribution in [2.24, 2.45) is 0 Å². The molecular weight excluding hydrogens is 415 g/mol. The van der Waals surface area contributed by atoms with Crippen LogP contribution in [0.15, 0.2) is 48.5 Å². The first-order chi connectivity index (χ1) is 14.1. The summed E-state index contributed by atoms with van der Waals surface area (Å²) in [5.41, 5.74) is 0.184. The van der Waals surface area contributed by atoms with E-state index in [1.165, 1.54) is 54.1 Å². The van der Waals surface area contributed by atoms with Gasteiger partial charge in [-0.2, -0.15) is 8.78 Å². The topological polar surface area (TPSA) is 78.3 Å². The Hall–Kier alpha value is -3.70. The normalized spacial score (nSPS) is 11.4. The number of aryl methyl sites for hydroxylation is 1. The Bertz CT molecular complexity index is 1040. The molecule has 0 unspecified atom stereocenters. The largest absolute Gasteiger partial charge is 0.573 e. The molecule has 0 bridgehead atoms. The Balaban J connectivity index is 1.79. The van der Waals surface area contributed by atoms with Gasteiger partial charge >= 0.3 is 13.0 Å². The minimum Gasteiger partial charge on any atom is -0.435 e. The number of para-hydroxylation sites is 2. The van der Waals surface area contributed by atoms with Crippen LogP contribution in [0.25, 0.3) is 5.69 Å². The van der Waals surface area contributed by atoms with Crippen molar-refractivity contribution in [3.05, 3.63) is 60.2 Å². The first kappa shape index (κ1) is 21.0. The van der Waals surface area contributed by atoms with Crippen molar-refractivity contribution in [1.29, 1.82) is 0 Å². The van der Waals surface area contributed by atoms with Crippen LogP contribution in [0.2, 0.25) is 0 Å². The van der Waals surface area contributed by atoms with Gasteiger partial charge in [-0.15, -0.1) is 18.3 Å². The third kappa shape index (κ3) is 5.21. The van der Waals surface area contributed by atoms with Gasteiger partial charge in [-0.05, 0) is 43.3 Å². The Labute approximate surface area is 166 Å². The van der Waals surface area contributed by atoms with Crippen molar-refractivity contribution in [2.75, 3.05) is 5.32 Å². The summed E-state index contributed by atoms with van der Waals surface area (Å²) in [6.45, 7) is -1.43. The van der Waals surface area contributed by atoms with Crippen molar-refractivity contribution in [1.82, 2.24) is 14.8 Å². The molecule has 1 amide bonds. The summed E-state index contributed by atoms with van der Waals surface area (Å²) < 4.78 is 71.4. The monoisotopic (exact) mass is 428 g/mol. The van der Waals surface area contributed by atoms with Gasteiger partial charge in [-0.25, -0.2) is 9.67 Å². The van der Waals surface area contributed by atoms with Gasteiger partial charge < -0.3 is 14.8 Å². The van der Waals surface area contributed by atoms with Crippen molar-refractivity contribution >= 4 is 11.6 Å². The molecule has 0 fully saturated rings. The smallest absolute Gasteiger partial charge is 0.435 e. The maximum absolute atomic E-state index is 12.5. The molecule has 0 aliphatic rings. The molecule has 2 aromatic carbocycles. The molecule has 158 valence electrons. The second-order valence-electron chi connectivity index (χ2n) is 5.76. The quantitative estimate of drug-likeness (QED) is 0.592. The van der Waals surface area contributed by atoms with E-state index in [0.717, 1.165) is 6.07 Å². The van der Waals surface area contributed by atoms with E-state index < -0.39 is 24.6 Å². The summed E-state index contributed by atoms with van der Waals surface area (Å²) in [5, 5.41) is 6.28. The number of halogens is 5. The predicted octanol–water partition coefficient (Wildman–Crippen LogP) is 4.33. The third-order valence-corrected chi connectivity index (χ3v) is 3.64. The van der Waals surface area contributed by atoms with Crippen molar-refractivity contribution in [2.45, 2.75) is 19.9 Å². The molecule has 0 spiro atoms. The summed E-state index contributed by atoms with van der Waals surface area (Å²) >= 11 is 0. The maximum atomic E-state index is 12.5. The number of ether oxygens (including phenoxy) is 2. The van der Waals surface area contributed by atoms with E-state index in [0.29, 0.717) is 5.69 Å². The molecule has 0 aliphatic heterocycles. The zero-order valence-electron chi connectivity index (χ0n) is 15.2. The van der Waals surface area contributed by atoms with Gasteiger partial charge in [0.05, 0.1) is 11.4 Å². The van der Waals surface area contributed by atoms with Crippen molar-refractivity contribution < 1.29 is 36.2 Å². The first-order valence-electron chi connectivity index (χ1n) is 8.27. The van der Waals surface area contributed by atoms with Crippen LogP contribution in [0.5, 0.6) is 11.5 Å². The standard InChI is InChI=1S/C18H13F5N4O3/c1-10-24-15(26-27(10)11-6-8-12(9-7-11)29-17(19)20)16(28)25-13-4-2-3-5-14(13)30-18(21,22)23/h2-9,17H,1H3,(H,25,28). The number of carbonyl (C=O) groups is 1. The van der Waals surface area contributed by atoms with Crippen LogP contribution in [0.4, 0.5) is 27.6 Å². The number of alkyl halides is 5. The van der Waals surface area contributed by atoms with Crippen LogP contribution >= 0.6 is 0 Å². The molecule has 1 heterocycles. The number of nitrogens with one attached hydrogen (secondary N) is 1. The third-order valence-electron chi connectivity index (χ3n) is 3.64. The van der Waals surface area contributed by atoms with Gasteiger partial charge in [-0.3, -0.25) is 4.79 Å². The lowest BCUT2D eigenvalue weighted by molar-refractivity contribution is -0.274. The van der Waals surface area contributed by atoms with E-state index in [1.807, 2.05) is 0 Å². The zero-order valence-corrected chi connectivity index (χ0v) is 15.2. The fourth-order valence-electron chi connectivity index (χ4n) is 2.46. The predicted molar refractivity (Wildman–Crippen MR) is 93.8 cm³/mol. The highest BCUT2D eigenvalue weighted by Crippen LogP contribution is 2.30. The van der Waals surface area contributed by atoms with Crippen molar-refractivity contribution in [3.63, 3.8) is 0 Å². The highest BCUT2D eigenvalue weighted by atomic mass is 19.4. The Morgan fingerprint density at radius 2 is 1.77 bits per heavy atom. The SMILES string of the molecule is Cc1nc(C(=O)Nc2ccccc2OC(F)(F)F)nn1-c1ccc(OC(F)F)cc1. The lowest BCUT2D eigenvalue weighted by Gasteiger charge is -2.13. The van der Waals surface area contributed by atoms with Gasteiger partial charge in [0.15, 0.2) is 5.75 Å². The fraction of sp³-hybridized carbons (Fsp3) is 0.167. The highest BCUT2D eigenvalue weighted by molar-refractivity contribution is 6.02. The Kier molecular flexibility index (Phi) is 5.85. The summed E-state index contributed by atoms with van der Waals surface area (Å²) in [7, 11) is 0. The summed E-state index contributed by atoms with van der Waals surface area (Å²) in [6, 6.07) is 10.4. The molecule has 7 nitrogen and oxygen atoms in total. The Morgan fingerprint density at radius 3 is 2.40 bits per heavy atom. The number of nitrogens with zero attached hydrogens (tertiary/aromatic N) is 3. The number of amides is 1. The average Bonchev–Trinajstić information content (AvgIpc) is 3.04. The molecule has 0 saturated carbocycles. The molecule has 1 N–H and O–H groups in total. The van der Waals surface area contributed by atoms with Gasteiger partial charge in [-0.1, -0.05) is 12.1 Å². The van der Waals surface area contributed by atoms with Gasteiger partial charge in [0.2, 0.25) is 5.82 Å². The highest BCUT2D eigenvalue weighted by Gasteiger charge is 2.32. The number of aromatic nitrogens is 3. The first-order valence-corrected chi connectivity index (χ1v) is 8.27. The number of hydrogen-bond acceptors (Lipinski definition) is 5. The zero-order chi connectivity index (χ0) is 21.9. The lowest BCUT2D eigenvalue weighted by Crippen LogP contribution is -2.20. The second kappa shape index (κ2) is 8.35. The number of anilines is 1. The van der Waals surface area contributed by atoms with Crippen LogP contribution in [0.3, 0.4) is 0 Å². The van der Waals surface area contributed by atoms with E-state index in [4.69, 9.17) is 0 Å². The van der Waals surface area contributed by atoms with E-state index in [9.17, 15) is 26.7 Å². The number of benzene rings is 2. The minimum atomic E-state index is -4.93. The molecule has 0 aliphatic carbocycles. The van der Waals surface area contributed by atoms with Crippen LogP contribution in [0.1, 0.15) is 16.4 Å². The molecule has 1 aromatic heterocycles.